The van der Waals surface area contributed by atoms with Gasteiger partial charge in [0, 0.05) is 50.2 Å². The summed E-state index contributed by atoms with van der Waals surface area (Å²) in [5, 5.41) is 23.4. The Morgan fingerprint density at radius 2 is 1.62 bits per heavy atom. The molecule has 0 bridgehead atoms. The van der Waals surface area contributed by atoms with Gasteiger partial charge in [-0.05, 0) is 138 Å². The minimum atomic E-state index is -0.998. The van der Waals surface area contributed by atoms with Gasteiger partial charge < -0.3 is 33.9 Å². The third-order valence-corrected chi connectivity index (χ3v) is 19.4. The van der Waals surface area contributed by atoms with Crippen LogP contribution in [0.1, 0.15) is 127 Å². The number of likely N-dealkylation sites (tertiary alicyclic amines) is 1. The number of morpholine rings is 1. The van der Waals surface area contributed by atoms with Crippen LogP contribution >= 0.6 is 0 Å². The maximum absolute atomic E-state index is 12.3. The van der Waals surface area contributed by atoms with Crippen molar-refractivity contribution in [1.29, 1.82) is 0 Å². The highest BCUT2D eigenvalue weighted by Gasteiger charge is 2.83. The maximum atomic E-state index is 12.3. The number of methoxy groups -OCH3 is 1. The number of ether oxygens (including phenoxy) is 5. The summed E-state index contributed by atoms with van der Waals surface area (Å²) < 4.78 is 31.2. The first-order valence-electron chi connectivity index (χ1n) is 22.7. The molecule has 9 heteroatoms. The van der Waals surface area contributed by atoms with E-state index in [0.717, 1.165) is 52.2 Å². The Hall–Kier alpha value is -0.360. The highest BCUT2D eigenvalue weighted by Crippen LogP contribution is 2.89. The molecule has 3 heterocycles. The second-order valence-corrected chi connectivity index (χ2v) is 22.5. The van der Waals surface area contributed by atoms with Crippen molar-refractivity contribution in [2.75, 3.05) is 59.7 Å². The highest BCUT2D eigenvalue weighted by molar-refractivity contribution is 5.31. The molecule has 8 fully saturated rings. The molecule has 316 valence electrons. The molecule has 5 aliphatic carbocycles. The van der Waals surface area contributed by atoms with Crippen LogP contribution in [-0.4, -0.2) is 128 Å². The Morgan fingerprint density at radius 3 is 2.25 bits per heavy atom. The number of hydrogen-bond acceptors (Lipinski definition) is 9. The number of nitrogens with zero attached hydrogens (tertiary/aromatic N) is 2. The smallest absolute Gasteiger partial charge is 0.170 e. The second-order valence-electron chi connectivity index (χ2n) is 22.5. The average Bonchev–Trinajstić information content (AvgIpc) is 3.70. The van der Waals surface area contributed by atoms with E-state index in [-0.39, 0.29) is 46.4 Å². The topological polar surface area (TPSA) is 93.1 Å². The number of fused-ring (bicyclic) bond motifs is 2. The van der Waals surface area contributed by atoms with E-state index in [0.29, 0.717) is 53.1 Å². The first-order valence-corrected chi connectivity index (χ1v) is 22.7. The summed E-state index contributed by atoms with van der Waals surface area (Å²) in [6.45, 7) is 30.3. The molecule has 0 aromatic heterocycles. The van der Waals surface area contributed by atoms with E-state index in [1.807, 2.05) is 20.8 Å². The normalized spacial score (nSPS) is 45.3. The predicted molar refractivity (Wildman–Crippen MR) is 214 cm³/mol. The zero-order valence-electron chi connectivity index (χ0n) is 36.7. The molecule has 0 aromatic rings. The molecule has 0 amide bonds. The van der Waals surface area contributed by atoms with Crippen molar-refractivity contribution >= 4 is 0 Å². The quantitative estimate of drug-likeness (QED) is 0.211. The van der Waals surface area contributed by atoms with Gasteiger partial charge in [-0.3, -0.25) is 9.80 Å². The summed E-state index contributed by atoms with van der Waals surface area (Å²) in [4.78, 5) is 5.28. The standard InChI is InChI=1S/C46H80N2O7/c1-12-53-39(42(7,8)50)33(51-11)21-29(2)32-22-36(49)44(10)35-14-13-34-40(3,4)37(15-16-45(34)28-46(35,45)18-17-43(32,44)9)55-38-25-48(19-20-54-38)41(5,6)30-23-47(24-30)31-26-52-27-31/h29-39,49-50H,12-28H2,1-11H3/t29-,32-,33?,34+,35?,36+,37+,38+,39+,43-,44-,45-,46+/m1/s1. The van der Waals surface area contributed by atoms with E-state index in [1.54, 1.807) is 7.11 Å². The van der Waals surface area contributed by atoms with Crippen LogP contribution < -0.4 is 0 Å². The van der Waals surface area contributed by atoms with Crippen molar-refractivity contribution in [1.82, 2.24) is 9.80 Å². The maximum Gasteiger partial charge on any atom is 0.170 e. The van der Waals surface area contributed by atoms with Gasteiger partial charge in [-0.1, -0.05) is 34.6 Å². The third-order valence-electron chi connectivity index (χ3n) is 19.4. The lowest BCUT2D eigenvalue weighted by Gasteiger charge is -2.64. The van der Waals surface area contributed by atoms with Crippen molar-refractivity contribution in [2.24, 2.45) is 56.7 Å². The van der Waals surface area contributed by atoms with Crippen LogP contribution in [0, 0.1) is 56.7 Å². The molecule has 2 unspecified atom stereocenters. The van der Waals surface area contributed by atoms with Gasteiger partial charge in [0.1, 0.15) is 6.10 Å². The van der Waals surface area contributed by atoms with Gasteiger partial charge in [0.2, 0.25) is 0 Å². The predicted octanol–water partition coefficient (Wildman–Crippen LogP) is 6.77. The molecular weight excluding hydrogens is 693 g/mol. The largest absolute Gasteiger partial charge is 0.393 e. The Kier molecular flexibility index (Phi) is 10.6. The van der Waals surface area contributed by atoms with E-state index in [9.17, 15) is 10.2 Å². The molecule has 0 radical (unpaired) electrons. The number of aliphatic hydroxyl groups is 2. The van der Waals surface area contributed by atoms with Gasteiger partial charge in [0.15, 0.2) is 6.29 Å². The van der Waals surface area contributed by atoms with Crippen LogP contribution in [0.4, 0.5) is 0 Å². The van der Waals surface area contributed by atoms with Crippen molar-refractivity contribution < 1.29 is 33.9 Å². The molecule has 5 saturated carbocycles. The summed E-state index contributed by atoms with van der Waals surface area (Å²) in [6.07, 6.45) is 9.46. The minimum Gasteiger partial charge on any atom is -0.393 e. The van der Waals surface area contributed by atoms with E-state index < -0.39 is 11.7 Å². The Labute approximate surface area is 334 Å². The summed E-state index contributed by atoms with van der Waals surface area (Å²) >= 11 is 0. The van der Waals surface area contributed by atoms with Crippen LogP contribution in [0.3, 0.4) is 0 Å². The third kappa shape index (κ3) is 6.14. The molecular formula is C46H80N2O7. The molecule has 8 aliphatic rings. The molecule has 2 spiro atoms. The first kappa shape index (κ1) is 41.4. The van der Waals surface area contributed by atoms with E-state index in [2.05, 4.69) is 58.3 Å². The van der Waals surface area contributed by atoms with Gasteiger partial charge in [0.05, 0.1) is 56.3 Å². The molecule has 3 aliphatic heterocycles. The fraction of sp³-hybridized carbons (Fsp3) is 1.00. The zero-order valence-corrected chi connectivity index (χ0v) is 36.7. The SMILES string of the molecule is CCO[C@@H](C(C[C@@H](C)[C@H]1C[C@H](O)[C@@]2(C)C3CC[C@H]4C(C)(C)[C@@H](O[C@H]5CN(C(C)(C)C6CN(C7COC7)C6)CCO5)CC[C@@]45C[C@@]35CC[C@]12C)OC)C(C)(C)O. The zero-order chi connectivity index (χ0) is 39.6. The van der Waals surface area contributed by atoms with Crippen molar-refractivity contribution in [3.8, 4) is 0 Å². The second kappa shape index (κ2) is 14.1. The molecule has 55 heavy (non-hydrogen) atoms. The Bertz CT molecular complexity index is 1390. The average molecular weight is 773 g/mol. The Balaban J connectivity index is 0.937. The van der Waals surface area contributed by atoms with Crippen molar-refractivity contribution in [2.45, 2.75) is 175 Å². The molecule has 3 saturated heterocycles. The van der Waals surface area contributed by atoms with E-state index >= 15 is 0 Å². The lowest BCUT2D eigenvalue weighted by Crippen LogP contribution is -2.68. The molecule has 8 rings (SSSR count). The van der Waals surface area contributed by atoms with Crippen LogP contribution in [-0.2, 0) is 23.7 Å². The van der Waals surface area contributed by atoms with Gasteiger partial charge in [-0.25, -0.2) is 0 Å². The summed E-state index contributed by atoms with van der Waals surface area (Å²) in [5.41, 5.74) is -0.137. The molecule has 13 atom stereocenters. The molecule has 0 aromatic carbocycles. The van der Waals surface area contributed by atoms with Crippen LogP contribution in [0.2, 0.25) is 0 Å². The van der Waals surface area contributed by atoms with Crippen LogP contribution in [0.25, 0.3) is 0 Å². The molecule has 2 N–H and O–H groups in total. The highest BCUT2D eigenvalue weighted by atomic mass is 16.7. The lowest BCUT2D eigenvalue weighted by molar-refractivity contribution is -0.257. The van der Waals surface area contributed by atoms with Crippen LogP contribution in [0.15, 0.2) is 0 Å². The van der Waals surface area contributed by atoms with Crippen LogP contribution in [0.5, 0.6) is 0 Å². The lowest BCUT2D eigenvalue weighted by atomic mass is 9.41. The summed E-state index contributed by atoms with van der Waals surface area (Å²) in [6, 6.07) is 0.634. The summed E-state index contributed by atoms with van der Waals surface area (Å²) in [5.74, 6) is 2.61. The Morgan fingerprint density at radius 1 is 0.927 bits per heavy atom. The summed E-state index contributed by atoms with van der Waals surface area (Å²) in [7, 11) is 1.76. The van der Waals surface area contributed by atoms with Gasteiger partial charge in [0.25, 0.3) is 0 Å². The number of rotatable bonds is 13. The van der Waals surface area contributed by atoms with Gasteiger partial charge in [-0.15, -0.1) is 0 Å². The first-order chi connectivity index (χ1) is 25.8. The van der Waals surface area contributed by atoms with Gasteiger partial charge in [-0.2, -0.15) is 0 Å². The van der Waals surface area contributed by atoms with E-state index in [4.69, 9.17) is 23.7 Å². The van der Waals surface area contributed by atoms with Crippen molar-refractivity contribution in [3.05, 3.63) is 0 Å². The van der Waals surface area contributed by atoms with Crippen molar-refractivity contribution in [3.63, 3.8) is 0 Å². The molecule has 9 nitrogen and oxygen atoms in total. The fourth-order valence-corrected chi connectivity index (χ4v) is 15.7. The number of hydrogen-bond donors (Lipinski definition) is 2. The number of aliphatic hydroxyl groups excluding tert-OH is 1. The minimum absolute atomic E-state index is 0.0592. The van der Waals surface area contributed by atoms with E-state index in [1.165, 1.54) is 51.6 Å². The monoisotopic (exact) mass is 773 g/mol. The fourth-order valence-electron chi connectivity index (χ4n) is 15.7. The van der Waals surface area contributed by atoms with Gasteiger partial charge >= 0.3 is 0 Å².